The van der Waals surface area contributed by atoms with E-state index in [2.05, 4.69) is 20.9 Å². The molecule has 1 heterocycles. The van der Waals surface area contributed by atoms with E-state index < -0.39 is 47.6 Å². The number of benzene rings is 1. The number of hydrogen-bond donors (Lipinski definition) is 5. The van der Waals surface area contributed by atoms with Crippen molar-refractivity contribution >= 4 is 46.6 Å². The Kier molecular flexibility index (Phi) is 11.8. The number of nitrogens with one attached hydrogen (secondary N) is 5. The molecule has 0 spiro atoms. The Balaban J connectivity index is 2.27. The van der Waals surface area contributed by atoms with E-state index >= 15 is 0 Å². The van der Waals surface area contributed by atoms with Crippen LogP contribution in [0.2, 0.25) is 0 Å². The molecule has 5 N–H and O–H groups in total. The zero-order valence-corrected chi connectivity index (χ0v) is 23.1. The first-order valence-corrected chi connectivity index (χ1v) is 13.1. The van der Waals surface area contributed by atoms with Crippen molar-refractivity contribution in [1.82, 2.24) is 20.9 Å². The van der Waals surface area contributed by atoms with Gasteiger partial charge in [-0.1, -0.05) is 32.0 Å². The summed E-state index contributed by atoms with van der Waals surface area (Å²) in [5.74, 6) is -2.77. The second kappa shape index (κ2) is 14.8. The van der Waals surface area contributed by atoms with Crippen LogP contribution < -0.4 is 16.0 Å². The van der Waals surface area contributed by atoms with E-state index in [1.165, 1.54) is 6.92 Å². The molecule has 3 amide bonds. The molecule has 2 aromatic rings. The van der Waals surface area contributed by atoms with Gasteiger partial charge in [-0.05, 0) is 44.2 Å². The molecule has 0 fully saturated rings. The van der Waals surface area contributed by atoms with E-state index in [-0.39, 0.29) is 31.3 Å². The van der Waals surface area contributed by atoms with Gasteiger partial charge in [0.05, 0.1) is 12.3 Å². The van der Waals surface area contributed by atoms with Crippen molar-refractivity contribution in [2.75, 3.05) is 0 Å². The van der Waals surface area contributed by atoms with Crippen LogP contribution in [0.5, 0.6) is 0 Å². The number of rotatable bonds is 15. The molecule has 1 aromatic heterocycles. The fraction of sp³-hybridized carbons (Fsp3) is 0.500. The Hall–Kier alpha value is -4.02. The number of aromatic amines is 1. The molecule has 0 saturated heterocycles. The summed E-state index contributed by atoms with van der Waals surface area (Å²) in [4.78, 5) is 66.2. The number of carbonyl (C=O) groups is 5. The van der Waals surface area contributed by atoms with Crippen molar-refractivity contribution in [2.24, 2.45) is 5.92 Å². The number of aromatic nitrogens is 1. The average Bonchev–Trinajstić information content (AvgIpc) is 3.27. The first-order valence-electron chi connectivity index (χ1n) is 13.1. The van der Waals surface area contributed by atoms with Gasteiger partial charge in [-0.2, -0.15) is 0 Å². The molecule has 0 aliphatic rings. The number of amides is 3. The number of H-pyrrole nitrogens is 1. The molecule has 11 heteroatoms. The number of hydrogen-bond acceptors (Lipinski definition) is 7. The highest BCUT2D eigenvalue weighted by molar-refractivity contribution is 6.26. The van der Waals surface area contributed by atoms with Gasteiger partial charge in [0, 0.05) is 36.9 Å². The monoisotopic (exact) mass is 541 g/mol. The van der Waals surface area contributed by atoms with Gasteiger partial charge in [0.25, 0.3) is 0 Å². The normalized spacial score (nSPS) is 13.4. The third-order valence-corrected chi connectivity index (χ3v) is 5.93. The molecule has 0 unspecified atom stereocenters. The second-order valence-corrected chi connectivity index (χ2v) is 10.2. The summed E-state index contributed by atoms with van der Waals surface area (Å²) in [6.45, 7) is 8.49. The Bertz CT molecular complexity index is 1190. The van der Waals surface area contributed by atoms with Gasteiger partial charge in [0.15, 0.2) is 5.78 Å². The van der Waals surface area contributed by atoms with Gasteiger partial charge in [0.1, 0.15) is 18.1 Å². The number of carbonyl (C=O) groups excluding carboxylic acids is 5. The molecule has 0 radical (unpaired) electrons. The number of ether oxygens (including phenoxy) is 1. The Morgan fingerprint density at radius 1 is 0.949 bits per heavy atom. The van der Waals surface area contributed by atoms with Gasteiger partial charge in [-0.3, -0.25) is 19.2 Å². The molecule has 11 nitrogen and oxygen atoms in total. The Morgan fingerprint density at radius 3 is 2.21 bits per heavy atom. The van der Waals surface area contributed by atoms with E-state index in [9.17, 15) is 24.0 Å². The minimum Gasteiger partial charge on any atom is -0.461 e. The molecule has 0 saturated carbocycles. The maximum Gasteiger partial charge on any atom is 0.328 e. The minimum absolute atomic E-state index is 0.0582. The molecular weight excluding hydrogens is 502 g/mol. The van der Waals surface area contributed by atoms with Gasteiger partial charge in [0.2, 0.25) is 17.7 Å². The highest BCUT2D eigenvalue weighted by Gasteiger charge is 2.31. The summed E-state index contributed by atoms with van der Waals surface area (Å²) in [5, 5.41) is 16.0. The predicted molar refractivity (Wildman–Crippen MR) is 147 cm³/mol. The molecule has 2 rings (SSSR count). The van der Waals surface area contributed by atoms with Crippen molar-refractivity contribution in [3.63, 3.8) is 0 Å². The fourth-order valence-electron chi connectivity index (χ4n) is 4.15. The molecule has 212 valence electrons. The summed E-state index contributed by atoms with van der Waals surface area (Å²) >= 11 is 0. The zero-order valence-electron chi connectivity index (χ0n) is 23.1. The van der Waals surface area contributed by atoms with E-state index in [1.54, 1.807) is 20.0 Å². The smallest absolute Gasteiger partial charge is 0.328 e. The lowest BCUT2D eigenvalue weighted by molar-refractivity contribution is -0.152. The summed E-state index contributed by atoms with van der Waals surface area (Å²) in [6, 6.07) is 4.39. The third kappa shape index (κ3) is 9.99. The number of fused-ring (bicyclic) bond motifs is 1. The average molecular weight is 542 g/mol. The lowest BCUT2D eigenvalue weighted by Crippen LogP contribution is -2.56. The topological polar surface area (TPSA) is 170 Å². The third-order valence-electron chi connectivity index (χ3n) is 5.93. The van der Waals surface area contributed by atoms with Crippen LogP contribution in [0.15, 0.2) is 30.5 Å². The highest BCUT2D eigenvalue weighted by atomic mass is 16.5. The molecular formula is C28H39N5O6. The van der Waals surface area contributed by atoms with Crippen LogP contribution in [-0.4, -0.2) is 64.9 Å². The van der Waals surface area contributed by atoms with Gasteiger partial charge < -0.3 is 31.1 Å². The number of Topliss-reactive ketones (excluding diaryl/α,β-unsaturated/α-hetero) is 1. The lowest BCUT2D eigenvalue weighted by atomic mass is 10.0. The SMILES string of the molecule is CC(=O)N[C@@H](Cc1c[nH]c2ccccc12)C(=O)N[C@@H](CCC(=O)C=N)C(=O)N[C@@H](CC(C)C)C(=O)OC(C)C. The summed E-state index contributed by atoms with van der Waals surface area (Å²) in [7, 11) is 0. The lowest BCUT2D eigenvalue weighted by Gasteiger charge is -2.26. The van der Waals surface area contributed by atoms with Crippen molar-refractivity contribution < 1.29 is 28.7 Å². The van der Waals surface area contributed by atoms with Crippen LogP contribution in [-0.2, 0) is 35.1 Å². The predicted octanol–water partition coefficient (Wildman–Crippen LogP) is 2.18. The molecule has 0 aliphatic carbocycles. The standard InChI is InChI=1S/C28H39N5O6/c1-16(2)12-25(28(38)39-17(3)4)33-26(36)23(11-10-20(35)14-29)32-27(37)24(31-18(5)34)13-19-15-30-22-9-7-6-8-21(19)22/h6-9,14-17,23-25,29-30H,10-13H2,1-5H3,(H,31,34)(H,32,37)(H,33,36)/t23-,24-,25-/m0/s1. The summed E-state index contributed by atoms with van der Waals surface area (Å²) < 4.78 is 5.29. The van der Waals surface area contributed by atoms with Crippen LogP contribution in [0.25, 0.3) is 10.9 Å². The van der Waals surface area contributed by atoms with Crippen molar-refractivity contribution in [3.8, 4) is 0 Å². The van der Waals surface area contributed by atoms with Crippen LogP contribution in [0.4, 0.5) is 0 Å². The van der Waals surface area contributed by atoms with Crippen molar-refractivity contribution in [2.45, 2.75) is 84.5 Å². The Labute approximate surface area is 228 Å². The zero-order chi connectivity index (χ0) is 29.1. The van der Waals surface area contributed by atoms with Gasteiger partial charge in [-0.25, -0.2) is 4.79 Å². The molecule has 3 atom stereocenters. The highest BCUT2D eigenvalue weighted by Crippen LogP contribution is 2.19. The minimum atomic E-state index is -1.19. The van der Waals surface area contributed by atoms with Crippen molar-refractivity contribution in [1.29, 1.82) is 5.41 Å². The molecule has 39 heavy (non-hydrogen) atoms. The fourth-order valence-corrected chi connectivity index (χ4v) is 4.15. The van der Waals surface area contributed by atoms with Gasteiger partial charge in [-0.15, -0.1) is 0 Å². The molecule has 0 bridgehead atoms. The van der Waals surface area contributed by atoms with Gasteiger partial charge >= 0.3 is 5.97 Å². The molecule has 0 aliphatic heterocycles. The number of esters is 1. The van der Waals surface area contributed by atoms with Crippen LogP contribution >= 0.6 is 0 Å². The summed E-state index contributed by atoms with van der Waals surface area (Å²) in [6.07, 6.45) is 2.23. The first kappa shape index (κ1) is 31.2. The van der Waals surface area contributed by atoms with Crippen LogP contribution in [0, 0.1) is 11.3 Å². The van der Waals surface area contributed by atoms with Crippen LogP contribution in [0.1, 0.15) is 59.4 Å². The van der Waals surface area contributed by atoms with Crippen molar-refractivity contribution in [3.05, 3.63) is 36.0 Å². The maximum absolute atomic E-state index is 13.4. The van der Waals surface area contributed by atoms with Crippen LogP contribution in [0.3, 0.4) is 0 Å². The number of para-hydroxylation sites is 1. The van der Waals surface area contributed by atoms with E-state index in [1.807, 2.05) is 38.1 Å². The number of ketones is 1. The second-order valence-electron chi connectivity index (χ2n) is 10.2. The molecule has 1 aromatic carbocycles. The maximum atomic E-state index is 13.4. The first-order chi connectivity index (χ1) is 18.4. The van der Waals surface area contributed by atoms with E-state index in [0.717, 1.165) is 16.5 Å². The van der Waals surface area contributed by atoms with E-state index in [4.69, 9.17) is 10.1 Å². The quantitative estimate of drug-likeness (QED) is 0.171. The van der Waals surface area contributed by atoms with E-state index in [0.29, 0.717) is 12.6 Å². The largest absolute Gasteiger partial charge is 0.461 e. The Morgan fingerprint density at radius 2 is 1.59 bits per heavy atom. The summed E-state index contributed by atoms with van der Waals surface area (Å²) in [5.41, 5.74) is 1.68.